The van der Waals surface area contributed by atoms with E-state index < -0.39 is 5.54 Å². The summed E-state index contributed by atoms with van der Waals surface area (Å²) < 4.78 is 32.4. The third kappa shape index (κ3) is 3.91. The average Bonchev–Trinajstić information content (AvgIpc) is 3.09. The van der Waals surface area contributed by atoms with Gasteiger partial charge in [0.1, 0.15) is 18.2 Å². The van der Waals surface area contributed by atoms with Gasteiger partial charge in [-0.25, -0.2) is 4.39 Å². The second-order valence-electron chi connectivity index (χ2n) is 9.11. The van der Waals surface area contributed by atoms with Gasteiger partial charge in [-0.05, 0) is 50.2 Å². The van der Waals surface area contributed by atoms with E-state index in [1.807, 2.05) is 4.90 Å². The zero-order valence-corrected chi connectivity index (χ0v) is 17.6. The molecule has 2 atom stereocenters. The van der Waals surface area contributed by atoms with Crippen LogP contribution in [0.25, 0.3) is 0 Å². The van der Waals surface area contributed by atoms with Crippen LogP contribution < -0.4 is 10.1 Å². The van der Waals surface area contributed by atoms with Gasteiger partial charge in [0.25, 0.3) is 0 Å². The van der Waals surface area contributed by atoms with Crippen molar-refractivity contribution in [3.8, 4) is 5.75 Å². The quantitative estimate of drug-likeness (QED) is 0.680. The van der Waals surface area contributed by atoms with Crippen LogP contribution in [0, 0.1) is 5.82 Å². The molecule has 1 aliphatic carbocycles. The highest BCUT2D eigenvalue weighted by molar-refractivity contribution is 5.80. The summed E-state index contributed by atoms with van der Waals surface area (Å²) in [7, 11) is 0. The van der Waals surface area contributed by atoms with E-state index in [2.05, 4.69) is 5.32 Å². The Balaban J connectivity index is 1.41. The van der Waals surface area contributed by atoms with E-state index in [0.717, 1.165) is 25.7 Å². The van der Waals surface area contributed by atoms with Crippen molar-refractivity contribution in [3.05, 3.63) is 29.6 Å². The Labute approximate surface area is 181 Å². The maximum atomic E-state index is 14.7. The molecule has 3 fully saturated rings. The molecular formula is C23H29FN2O5. The Hall–Kier alpha value is -2.19. The van der Waals surface area contributed by atoms with E-state index in [0.29, 0.717) is 37.5 Å². The lowest BCUT2D eigenvalue weighted by Crippen LogP contribution is -2.65. The van der Waals surface area contributed by atoms with E-state index >= 15 is 0 Å². The number of benzene rings is 1. The highest BCUT2D eigenvalue weighted by atomic mass is 19.1. The molecule has 0 aromatic heterocycles. The van der Waals surface area contributed by atoms with Crippen molar-refractivity contribution in [2.45, 2.75) is 62.1 Å². The second kappa shape index (κ2) is 8.39. The minimum Gasteiger partial charge on any atom is -0.493 e. The predicted octanol–water partition coefficient (Wildman–Crippen LogP) is 2.14. The highest BCUT2D eigenvalue weighted by Gasteiger charge is 2.52. The van der Waals surface area contributed by atoms with Crippen LogP contribution in [0.1, 0.15) is 50.0 Å². The summed E-state index contributed by atoms with van der Waals surface area (Å²) in [5.41, 5.74) is 0.0288. The van der Waals surface area contributed by atoms with Crippen LogP contribution in [0.4, 0.5) is 4.39 Å². The number of morpholine rings is 1. The molecule has 8 heteroatoms. The molecule has 2 bridgehead atoms. The van der Waals surface area contributed by atoms with Gasteiger partial charge < -0.3 is 24.4 Å². The van der Waals surface area contributed by atoms with Crippen molar-refractivity contribution >= 4 is 11.8 Å². The third-order valence-electron chi connectivity index (χ3n) is 7.27. The number of hydrogen-bond donors (Lipinski definition) is 1. The van der Waals surface area contributed by atoms with Crippen molar-refractivity contribution < 1.29 is 28.2 Å². The minimum atomic E-state index is -0.601. The van der Waals surface area contributed by atoms with Crippen molar-refractivity contribution in [1.82, 2.24) is 10.2 Å². The molecule has 168 valence electrons. The first-order valence-corrected chi connectivity index (χ1v) is 11.3. The summed E-state index contributed by atoms with van der Waals surface area (Å²) in [6.45, 7) is 1.51. The number of ether oxygens (including phenoxy) is 3. The van der Waals surface area contributed by atoms with Gasteiger partial charge in [0.2, 0.25) is 11.8 Å². The number of nitrogens with zero attached hydrogens (tertiary/aromatic N) is 1. The molecule has 0 radical (unpaired) electrons. The van der Waals surface area contributed by atoms with Gasteiger partial charge in [0.15, 0.2) is 0 Å². The van der Waals surface area contributed by atoms with Crippen LogP contribution in [-0.4, -0.2) is 67.4 Å². The number of carbonyl (C=O) groups excluding carboxylic acids is 2. The van der Waals surface area contributed by atoms with Crippen LogP contribution in [-0.2, 0) is 19.1 Å². The van der Waals surface area contributed by atoms with E-state index in [-0.39, 0.29) is 55.3 Å². The number of fused-ring (bicyclic) bond motifs is 6. The minimum absolute atomic E-state index is 0.0505. The van der Waals surface area contributed by atoms with Crippen molar-refractivity contribution in [3.63, 3.8) is 0 Å². The second-order valence-corrected chi connectivity index (χ2v) is 9.11. The normalized spacial score (nSPS) is 34.0. The Morgan fingerprint density at radius 2 is 2.00 bits per heavy atom. The standard InChI is InChI=1S/C23H29FN2O5/c24-17-2-1-3-18-22(17)15-4-6-16(7-5-15)31-12-19-23(14-29-13-20(27)25-23)9-10-26(19)21(28)8-11-30-18/h1-3,15-16,19H,4-14H2,(H,25,27). The molecule has 4 heterocycles. The van der Waals surface area contributed by atoms with Crippen molar-refractivity contribution in [2.24, 2.45) is 0 Å². The van der Waals surface area contributed by atoms with Crippen LogP contribution in [0.5, 0.6) is 5.75 Å². The summed E-state index contributed by atoms with van der Waals surface area (Å²) in [6, 6.07) is 4.66. The van der Waals surface area contributed by atoms with Crippen LogP contribution in [0.3, 0.4) is 0 Å². The first-order chi connectivity index (χ1) is 15.1. The number of amides is 2. The van der Waals surface area contributed by atoms with E-state index in [4.69, 9.17) is 14.2 Å². The van der Waals surface area contributed by atoms with E-state index in [1.165, 1.54) is 6.07 Å². The molecule has 5 aliphatic rings. The number of carbonyl (C=O) groups is 2. The Morgan fingerprint density at radius 1 is 1.16 bits per heavy atom. The molecular weight excluding hydrogens is 403 g/mol. The van der Waals surface area contributed by atoms with Gasteiger partial charge in [0, 0.05) is 12.1 Å². The van der Waals surface area contributed by atoms with E-state index in [1.54, 1.807) is 12.1 Å². The van der Waals surface area contributed by atoms with Crippen molar-refractivity contribution in [2.75, 3.05) is 33.0 Å². The molecule has 2 amide bonds. The topological polar surface area (TPSA) is 77.1 Å². The van der Waals surface area contributed by atoms with Gasteiger partial charge in [-0.15, -0.1) is 0 Å². The number of hydrogen-bond acceptors (Lipinski definition) is 5. The fraction of sp³-hybridized carbons (Fsp3) is 0.652. The molecule has 1 spiro atoms. The third-order valence-corrected chi connectivity index (χ3v) is 7.27. The smallest absolute Gasteiger partial charge is 0.246 e. The molecule has 31 heavy (non-hydrogen) atoms. The fourth-order valence-corrected chi connectivity index (χ4v) is 5.66. The first-order valence-electron chi connectivity index (χ1n) is 11.3. The van der Waals surface area contributed by atoms with Gasteiger partial charge in [-0.2, -0.15) is 0 Å². The Morgan fingerprint density at radius 3 is 2.81 bits per heavy atom. The van der Waals surface area contributed by atoms with Gasteiger partial charge in [0.05, 0.1) is 43.9 Å². The molecule has 2 unspecified atom stereocenters. The average molecular weight is 432 g/mol. The maximum absolute atomic E-state index is 14.7. The molecule has 1 saturated carbocycles. The zero-order valence-electron chi connectivity index (χ0n) is 17.6. The predicted molar refractivity (Wildman–Crippen MR) is 109 cm³/mol. The maximum Gasteiger partial charge on any atom is 0.246 e. The summed E-state index contributed by atoms with van der Waals surface area (Å²) >= 11 is 0. The van der Waals surface area contributed by atoms with Gasteiger partial charge in [-0.3, -0.25) is 9.59 Å². The monoisotopic (exact) mass is 432 g/mol. The number of nitrogens with one attached hydrogen (secondary N) is 1. The fourth-order valence-electron chi connectivity index (χ4n) is 5.66. The zero-order chi connectivity index (χ0) is 21.4. The van der Waals surface area contributed by atoms with Crippen LogP contribution in [0.15, 0.2) is 18.2 Å². The van der Waals surface area contributed by atoms with Crippen LogP contribution in [0.2, 0.25) is 0 Å². The molecule has 7 nitrogen and oxygen atoms in total. The summed E-state index contributed by atoms with van der Waals surface area (Å²) in [5.74, 6) is 0.189. The van der Waals surface area contributed by atoms with E-state index in [9.17, 15) is 14.0 Å². The van der Waals surface area contributed by atoms with Crippen LogP contribution >= 0.6 is 0 Å². The summed E-state index contributed by atoms with van der Waals surface area (Å²) in [5, 5.41) is 3.10. The molecule has 1 aromatic carbocycles. The lowest BCUT2D eigenvalue weighted by atomic mass is 9.82. The largest absolute Gasteiger partial charge is 0.493 e. The lowest BCUT2D eigenvalue weighted by molar-refractivity contribution is -0.143. The first kappa shape index (κ1) is 20.7. The van der Waals surface area contributed by atoms with Gasteiger partial charge in [-0.1, -0.05) is 6.07 Å². The molecule has 1 N–H and O–H groups in total. The van der Waals surface area contributed by atoms with Crippen molar-refractivity contribution in [1.29, 1.82) is 0 Å². The Kier molecular flexibility index (Phi) is 5.60. The highest BCUT2D eigenvalue weighted by Crippen LogP contribution is 2.41. The Bertz CT molecular complexity index is 856. The van der Waals surface area contributed by atoms with Gasteiger partial charge >= 0.3 is 0 Å². The number of rotatable bonds is 0. The number of halogens is 1. The molecule has 4 aliphatic heterocycles. The summed E-state index contributed by atoms with van der Waals surface area (Å²) in [4.78, 5) is 27.0. The molecule has 6 rings (SSSR count). The molecule has 2 saturated heterocycles. The lowest BCUT2D eigenvalue weighted by Gasteiger charge is -2.41. The SMILES string of the molecule is O=C1COCC2(CCN3C(=O)CCOc4cccc(F)c4C4CCC(CC4)OCC32)N1. The summed E-state index contributed by atoms with van der Waals surface area (Å²) in [6.07, 6.45) is 4.21. The molecule has 1 aromatic rings.